The molecule has 0 atom stereocenters. The lowest BCUT2D eigenvalue weighted by Gasteiger charge is -2.11. The van der Waals surface area contributed by atoms with E-state index in [1.807, 2.05) is 19.1 Å². The Morgan fingerprint density at radius 2 is 1.74 bits per heavy atom. The van der Waals surface area contributed by atoms with Crippen molar-refractivity contribution in [1.82, 2.24) is 15.0 Å². The molecule has 0 bridgehead atoms. The van der Waals surface area contributed by atoms with Crippen LogP contribution in [0.15, 0.2) is 60.9 Å². The van der Waals surface area contributed by atoms with E-state index in [0.29, 0.717) is 17.2 Å². The van der Waals surface area contributed by atoms with Gasteiger partial charge >= 0.3 is 5.97 Å². The molecule has 1 aromatic carbocycles. The summed E-state index contributed by atoms with van der Waals surface area (Å²) in [7, 11) is 0. The van der Waals surface area contributed by atoms with E-state index in [-0.39, 0.29) is 17.3 Å². The quantitative estimate of drug-likeness (QED) is 0.654. The van der Waals surface area contributed by atoms with Crippen LogP contribution in [0.25, 0.3) is 5.57 Å². The van der Waals surface area contributed by atoms with Gasteiger partial charge in [0.15, 0.2) is 0 Å². The number of carboxylic acids is 1. The molecule has 0 radical (unpaired) electrons. The number of aryl methyl sites for hydroxylation is 1. The van der Waals surface area contributed by atoms with Gasteiger partial charge in [0, 0.05) is 17.3 Å². The number of hydrogen-bond acceptors (Lipinski definition) is 6. The third-order valence-electron chi connectivity index (χ3n) is 3.60. The van der Waals surface area contributed by atoms with Gasteiger partial charge < -0.3 is 14.6 Å². The fraction of sp³-hybridized carbons (Fsp3) is 0.100. The minimum atomic E-state index is -1.04. The lowest BCUT2D eigenvalue weighted by Crippen LogP contribution is -2.02. The molecular weight excluding hydrogens is 346 g/mol. The average Bonchev–Trinajstić information content (AvgIpc) is 2.64. The molecule has 2 aromatic heterocycles. The first-order valence-corrected chi connectivity index (χ1v) is 8.17. The van der Waals surface area contributed by atoms with E-state index in [2.05, 4.69) is 15.0 Å². The van der Waals surface area contributed by atoms with Gasteiger partial charge in [0.25, 0.3) is 0 Å². The van der Waals surface area contributed by atoms with Gasteiger partial charge in [0.1, 0.15) is 12.1 Å². The van der Waals surface area contributed by atoms with Crippen molar-refractivity contribution in [3.05, 3.63) is 72.2 Å². The highest BCUT2D eigenvalue weighted by Crippen LogP contribution is 2.30. The summed E-state index contributed by atoms with van der Waals surface area (Å²) >= 11 is 0. The standard InChI is InChI=1S/C20H17N3O4/c1-3-14(20(24)25)15-8-4-5-9-16(15)26-18-11-19(22-12-21-18)27-17-10-6-7-13(2)23-17/h3-12H,1-2H3,(H,24,25)/b14-3+. The first kappa shape index (κ1) is 18.1. The van der Waals surface area contributed by atoms with Crippen LogP contribution in [0.5, 0.6) is 23.4 Å². The van der Waals surface area contributed by atoms with Gasteiger partial charge in [0.2, 0.25) is 17.6 Å². The molecule has 3 rings (SSSR count). The van der Waals surface area contributed by atoms with Gasteiger partial charge in [0.05, 0.1) is 11.6 Å². The largest absolute Gasteiger partial charge is 0.478 e. The van der Waals surface area contributed by atoms with Gasteiger partial charge in [-0.25, -0.2) is 19.7 Å². The number of para-hydroxylation sites is 1. The third kappa shape index (κ3) is 4.46. The first-order chi connectivity index (χ1) is 13.1. The van der Waals surface area contributed by atoms with Crippen molar-refractivity contribution < 1.29 is 19.4 Å². The van der Waals surface area contributed by atoms with E-state index in [9.17, 15) is 9.90 Å². The molecule has 0 unspecified atom stereocenters. The summed E-state index contributed by atoms with van der Waals surface area (Å²) in [6.45, 7) is 3.52. The molecule has 7 heteroatoms. The van der Waals surface area contributed by atoms with Crippen molar-refractivity contribution in [2.75, 3.05) is 0 Å². The second-order valence-corrected chi connectivity index (χ2v) is 5.52. The highest BCUT2D eigenvalue weighted by molar-refractivity contribution is 6.16. The summed E-state index contributed by atoms with van der Waals surface area (Å²) in [4.78, 5) is 23.8. The fourth-order valence-electron chi connectivity index (χ4n) is 2.40. The predicted octanol–water partition coefficient (Wildman–Crippen LogP) is 4.25. The molecule has 0 saturated carbocycles. The third-order valence-corrected chi connectivity index (χ3v) is 3.60. The van der Waals surface area contributed by atoms with Crippen LogP contribution >= 0.6 is 0 Å². The number of allylic oxidation sites excluding steroid dienone is 1. The van der Waals surface area contributed by atoms with Crippen LogP contribution in [0.2, 0.25) is 0 Å². The Morgan fingerprint density at radius 1 is 1.00 bits per heavy atom. The van der Waals surface area contributed by atoms with Crippen LogP contribution in [-0.4, -0.2) is 26.0 Å². The second-order valence-electron chi connectivity index (χ2n) is 5.52. The number of aromatic nitrogens is 3. The maximum atomic E-state index is 11.4. The lowest BCUT2D eigenvalue weighted by atomic mass is 10.0. The zero-order valence-electron chi connectivity index (χ0n) is 14.8. The highest BCUT2D eigenvalue weighted by atomic mass is 16.5. The summed E-state index contributed by atoms with van der Waals surface area (Å²) in [6, 6.07) is 13.8. The zero-order chi connectivity index (χ0) is 19.2. The SMILES string of the molecule is C/C=C(/C(=O)O)c1ccccc1Oc1cc(Oc2cccc(C)n2)ncn1. The van der Waals surface area contributed by atoms with Crippen molar-refractivity contribution in [3.8, 4) is 23.4 Å². The lowest BCUT2D eigenvalue weighted by molar-refractivity contribution is -0.130. The summed E-state index contributed by atoms with van der Waals surface area (Å²) in [5, 5.41) is 9.37. The molecule has 136 valence electrons. The minimum absolute atomic E-state index is 0.139. The molecule has 0 aliphatic rings. The van der Waals surface area contributed by atoms with Crippen molar-refractivity contribution in [2.24, 2.45) is 0 Å². The number of pyridine rings is 1. The Hall–Kier alpha value is -3.74. The van der Waals surface area contributed by atoms with E-state index < -0.39 is 5.97 Å². The molecule has 0 saturated heterocycles. The molecule has 0 amide bonds. The van der Waals surface area contributed by atoms with Crippen LogP contribution in [0.4, 0.5) is 0 Å². The number of ether oxygens (including phenoxy) is 2. The van der Waals surface area contributed by atoms with E-state index in [1.54, 1.807) is 37.3 Å². The summed E-state index contributed by atoms with van der Waals surface area (Å²) < 4.78 is 11.4. The van der Waals surface area contributed by atoms with Gasteiger partial charge in [-0.2, -0.15) is 0 Å². The molecule has 0 spiro atoms. The average molecular weight is 363 g/mol. The second kappa shape index (κ2) is 8.09. The van der Waals surface area contributed by atoms with Crippen LogP contribution in [-0.2, 0) is 4.79 Å². The van der Waals surface area contributed by atoms with Crippen molar-refractivity contribution in [1.29, 1.82) is 0 Å². The predicted molar refractivity (Wildman–Crippen MR) is 98.9 cm³/mol. The molecular formula is C20H17N3O4. The Kier molecular flexibility index (Phi) is 5.41. The molecule has 0 aliphatic carbocycles. The molecule has 27 heavy (non-hydrogen) atoms. The zero-order valence-corrected chi connectivity index (χ0v) is 14.8. The number of hydrogen-bond donors (Lipinski definition) is 1. The van der Waals surface area contributed by atoms with Crippen LogP contribution in [0, 0.1) is 6.92 Å². The molecule has 2 heterocycles. The number of benzene rings is 1. The van der Waals surface area contributed by atoms with Gasteiger partial charge in [-0.15, -0.1) is 0 Å². The van der Waals surface area contributed by atoms with Crippen LogP contribution in [0.3, 0.4) is 0 Å². The molecule has 1 N–H and O–H groups in total. The van der Waals surface area contributed by atoms with Crippen LogP contribution in [0.1, 0.15) is 18.2 Å². The van der Waals surface area contributed by atoms with E-state index in [0.717, 1.165) is 5.69 Å². The Morgan fingerprint density at radius 3 is 2.44 bits per heavy atom. The Labute approximate surface area is 156 Å². The monoisotopic (exact) mass is 363 g/mol. The van der Waals surface area contributed by atoms with Crippen molar-refractivity contribution in [2.45, 2.75) is 13.8 Å². The summed E-state index contributed by atoms with van der Waals surface area (Å²) in [5.74, 6) is 0.222. The number of carbonyl (C=O) groups is 1. The van der Waals surface area contributed by atoms with Crippen molar-refractivity contribution >= 4 is 11.5 Å². The van der Waals surface area contributed by atoms with E-state index in [1.165, 1.54) is 18.5 Å². The summed E-state index contributed by atoms with van der Waals surface area (Å²) in [5.41, 5.74) is 1.41. The first-order valence-electron chi connectivity index (χ1n) is 8.17. The van der Waals surface area contributed by atoms with Gasteiger partial charge in [-0.1, -0.05) is 30.3 Å². The number of rotatable bonds is 6. The highest BCUT2D eigenvalue weighted by Gasteiger charge is 2.15. The van der Waals surface area contributed by atoms with Crippen molar-refractivity contribution in [3.63, 3.8) is 0 Å². The summed E-state index contributed by atoms with van der Waals surface area (Å²) in [6.07, 6.45) is 2.82. The maximum Gasteiger partial charge on any atom is 0.336 e. The van der Waals surface area contributed by atoms with E-state index >= 15 is 0 Å². The number of aliphatic carboxylic acids is 1. The Bertz CT molecular complexity index is 1000. The molecule has 3 aromatic rings. The molecule has 0 aliphatic heterocycles. The van der Waals surface area contributed by atoms with Crippen LogP contribution < -0.4 is 9.47 Å². The molecule has 0 fully saturated rings. The smallest absolute Gasteiger partial charge is 0.336 e. The number of carboxylic acid groups (broad SMARTS) is 1. The maximum absolute atomic E-state index is 11.4. The molecule has 7 nitrogen and oxygen atoms in total. The number of nitrogens with zero attached hydrogens (tertiary/aromatic N) is 3. The normalized spacial score (nSPS) is 11.1. The fourth-order valence-corrected chi connectivity index (χ4v) is 2.40. The minimum Gasteiger partial charge on any atom is -0.478 e. The van der Waals surface area contributed by atoms with Gasteiger partial charge in [-0.05, 0) is 26.0 Å². The van der Waals surface area contributed by atoms with Gasteiger partial charge in [-0.3, -0.25) is 0 Å². The van der Waals surface area contributed by atoms with E-state index in [4.69, 9.17) is 9.47 Å². The topological polar surface area (TPSA) is 94.4 Å². The Balaban J connectivity index is 1.86.